The number of carbonyl (C=O) groups excluding carboxylic acids is 3. The van der Waals surface area contributed by atoms with Crippen molar-refractivity contribution in [2.75, 3.05) is 26.1 Å². The average molecular weight is 449 g/mol. The van der Waals surface area contributed by atoms with E-state index >= 15 is 0 Å². The second-order valence-electron chi connectivity index (χ2n) is 6.95. The van der Waals surface area contributed by atoms with E-state index in [0.717, 1.165) is 38.7 Å². The smallest absolute Gasteiger partial charge is 0.294 e. The van der Waals surface area contributed by atoms with Crippen LogP contribution >= 0.6 is 11.8 Å². The lowest BCUT2D eigenvalue weighted by atomic mass is 10.0. The van der Waals surface area contributed by atoms with Crippen molar-refractivity contribution in [1.82, 2.24) is 4.90 Å². The molecule has 32 heavy (non-hydrogen) atoms. The third-order valence-corrected chi connectivity index (χ3v) is 5.88. The van der Waals surface area contributed by atoms with Crippen LogP contribution in [0.3, 0.4) is 0 Å². The first-order valence-corrected chi connectivity index (χ1v) is 10.6. The van der Waals surface area contributed by atoms with Gasteiger partial charge in [-0.15, -0.1) is 0 Å². The van der Waals surface area contributed by atoms with E-state index in [4.69, 9.17) is 9.47 Å². The molecule has 1 aliphatic rings. The molecule has 0 unspecified atom stereocenters. The van der Waals surface area contributed by atoms with Gasteiger partial charge in [0.15, 0.2) is 0 Å². The summed E-state index contributed by atoms with van der Waals surface area (Å²) < 4.78 is 10.5. The number of carbonyl (C=O) groups is 3. The largest absolute Gasteiger partial charge is 0.497 e. The second-order valence-corrected chi connectivity index (χ2v) is 7.94. The molecular formula is C24H20N2O5S. The zero-order valence-electron chi connectivity index (χ0n) is 17.5. The molecule has 3 aromatic carbocycles. The first-order valence-electron chi connectivity index (χ1n) is 9.75. The maximum absolute atomic E-state index is 12.8. The molecule has 1 heterocycles. The van der Waals surface area contributed by atoms with Gasteiger partial charge in [0.2, 0.25) is 5.91 Å². The maximum Gasteiger partial charge on any atom is 0.294 e. The van der Waals surface area contributed by atoms with Crippen LogP contribution in [0.15, 0.2) is 65.6 Å². The molecule has 0 bridgehead atoms. The third kappa shape index (κ3) is 4.31. The van der Waals surface area contributed by atoms with Crippen LogP contribution in [-0.4, -0.2) is 42.7 Å². The van der Waals surface area contributed by atoms with Gasteiger partial charge in [0.25, 0.3) is 11.1 Å². The van der Waals surface area contributed by atoms with Crippen LogP contribution in [0.1, 0.15) is 5.56 Å². The Morgan fingerprint density at radius 1 is 0.969 bits per heavy atom. The first kappa shape index (κ1) is 21.5. The maximum atomic E-state index is 12.8. The van der Waals surface area contributed by atoms with Gasteiger partial charge in [-0.25, -0.2) is 0 Å². The quantitative estimate of drug-likeness (QED) is 0.558. The lowest BCUT2D eigenvalue weighted by Crippen LogP contribution is -2.36. The molecule has 1 saturated heterocycles. The molecule has 1 aliphatic heterocycles. The highest BCUT2D eigenvalue weighted by Crippen LogP contribution is 2.35. The van der Waals surface area contributed by atoms with Crippen LogP contribution < -0.4 is 14.8 Å². The summed E-state index contributed by atoms with van der Waals surface area (Å²) >= 11 is 0.819. The molecule has 8 heteroatoms. The second kappa shape index (κ2) is 9.15. The lowest BCUT2D eigenvalue weighted by molar-refractivity contribution is -0.127. The standard InChI is InChI=1S/C24H20N2O5S/c1-30-17-10-8-16(9-11-17)25-22(27)14-26-23(28)21(32-24(26)29)13-15-7-12-20(31-2)19-6-4-3-5-18(15)19/h3-13H,14H2,1-2H3,(H,25,27)/b21-13+. The van der Waals surface area contributed by atoms with Crippen molar-refractivity contribution < 1.29 is 23.9 Å². The number of rotatable bonds is 6. The summed E-state index contributed by atoms with van der Waals surface area (Å²) in [4.78, 5) is 38.9. The molecule has 7 nitrogen and oxygen atoms in total. The number of thioether (sulfide) groups is 1. The average Bonchev–Trinajstić information content (AvgIpc) is 3.07. The first-order chi connectivity index (χ1) is 15.5. The van der Waals surface area contributed by atoms with Crippen molar-refractivity contribution in [3.63, 3.8) is 0 Å². The fraction of sp³-hybridized carbons (Fsp3) is 0.125. The SMILES string of the molecule is COc1ccc(NC(=O)CN2C(=O)S/C(=C/c3ccc(OC)c4ccccc34)C2=O)cc1. The van der Waals surface area contributed by atoms with Gasteiger partial charge in [0.05, 0.1) is 19.1 Å². The van der Waals surface area contributed by atoms with Gasteiger partial charge in [0.1, 0.15) is 18.0 Å². The number of hydrogen-bond donors (Lipinski definition) is 1. The summed E-state index contributed by atoms with van der Waals surface area (Å²) in [6.45, 7) is -0.364. The number of nitrogens with zero attached hydrogens (tertiary/aromatic N) is 1. The number of benzene rings is 3. The molecule has 3 aromatic rings. The zero-order valence-corrected chi connectivity index (χ0v) is 18.3. The fourth-order valence-corrected chi connectivity index (χ4v) is 4.22. The summed E-state index contributed by atoms with van der Waals surface area (Å²) in [6, 6.07) is 18.1. The van der Waals surface area contributed by atoms with Crippen LogP contribution in [0, 0.1) is 0 Å². The van der Waals surface area contributed by atoms with Gasteiger partial charge >= 0.3 is 0 Å². The van der Waals surface area contributed by atoms with Crippen LogP contribution in [0.25, 0.3) is 16.8 Å². The van der Waals surface area contributed by atoms with E-state index in [1.54, 1.807) is 44.6 Å². The van der Waals surface area contributed by atoms with Crippen LogP contribution in [0.2, 0.25) is 0 Å². The van der Waals surface area contributed by atoms with Crippen molar-refractivity contribution in [3.05, 3.63) is 71.1 Å². The molecule has 4 rings (SSSR count). The Morgan fingerprint density at radius 3 is 2.38 bits per heavy atom. The molecule has 1 N–H and O–H groups in total. The number of nitrogens with one attached hydrogen (secondary N) is 1. The van der Waals surface area contributed by atoms with E-state index in [-0.39, 0.29) is 11.4 Å². The molecule has 0 saturated carbocycles. The minimum atomic E-state index is -0.496. The Hall–Kier alpha value is -3.78. The summed E-state index contributed by atoms with van der Waals surface area (Å²) in [5.74, 6) is 0.421. The Labute approximate surface area is 189 Å². The van der Waals surface area contributed by atoms with Crippen molar-refractivity contribution >= 4 is 51.4 Å². The molecular weight excluding hydrogens is 428 g/mol. The lowest BCUT2D eigenvalue weighted by Gasteiger charge is -2.12. The number of amides is 3. The molecule has 3 amide bonds. The zero-order chi connectivity index (χ0) is 22.7. The van der Waals surface area contributed by atoms with E-state index in [1.807, 2.05) is 36.4 Å². The third-order valence-electron chi connectivity index (χ3n) is 4.97. The Morgan fingerprint density at radius 2 is 1.69 bits per heavy atom. The molecule has 0 spiro atoms. The van der Waals surface area contributed by atoms with E-state index in [9.17, 15) is 14.4 Å². The Kier molecular flexibility index (Phi) is 6.13. The number of ether oxygens (including phenoxy) is 2. The van der Waals surface area contributed by atoms with Crippen molar-refractivity contribution in [2.45, 2.75) is 0 Å². The summed E-state index contributed by atoms with van der Waals surface area (Å²) in [5, 5.41) is 4.00. The number of anilines is 1. The van der Waals surface area contributed by atoms with E-state index in [2.05, 4.69) is 5.32 Å². The van der Waals surface area contributed by atoms with E-state index < -0.39 is 17.1 Å². The van der Waals surface area contributed by atoms with Gasteiger partial charge in [-0.1, -0.05) is 30.3 Å². The molecule has 1 fully saturated rings. The molecule has 0 aliphatic carbocycles. The molecule has 0 atom stereocenters. The summed E-state index contributed by atoms with van der Waals surface area (Å²) in [5.41, 5.74) is 1.33. The minimum Gasteiger partial charge on any atom is -0.497 e. The molecule has 0 aromatic heterocycles. The van der Waals surface area contributed by atoms with Gasteiger partial charge in [-0.05, 0) is 59.1 Å². The number of fused-ring (bicyclic) bond motifs is 1. The molecule has 162 valence electrons. The predicted octanol–water partition coefficient (Wildman–Crippen LogP) is 4.53. The predicted molar refractivity (Wildman–Crippen MR) is 125 cm³/mol. The van der Waals surface area contributed by atoms with Crippen molar-refractivity contribution in [1.29, 1.82) is 0 Å². The van der Waals surface area contributed by atoms with Gasteiger partial charge in [-0.2, -0.15) is 0 Å². The monoisotopic (exact) mass is 448 g/mol. The summed E-state index contributed by atoms with van der Waals surface area (Å²) in [6.07, 6.45) is 1.67. The topological polar surface area (TPSA) is 84.9 Å². The minimum absolute atomic E-state index is 0.266. The van der Waals surface area contributed by atoms with Crippen LogP contribution in [-0.2, 0) is 9.59 Å². The number of imide groups is 1. The number of hydrogen-bond acceptors (Lipinski definition) is 6. The van der Waals surface area contributed by atoms with Crippen molar-refractivity contribution in [3.8, 4) is 11.5 Å². The normalized spacial score (nSPS) is 14.8. The fourth-order valence-electron chi connectivity index (χ4n) is 3.39. The highest BCUT2D eigenvalue weighted by Gasteiger charge is 2.36. The highest BCUT2D eigenvalue weighted by atomic mass is 32.2. The van der Waals surface area contributed by atoms with E-state index in [1.165, 1.54) is 0 Å². The summed E-state index contributed by atoms with van der Waals surface area (Å²) in [7, 11) is 3.15. The van der Waals surface area contributed by atoms with Gasteiger partial charge < -0.3 is 14.8 Å². The highest BCUT2D eigenvalue weighted by molar-refractivity contribution is 8.18. The Balaban J connectivity index is 1.52. The number of methoxy groups -OCH3 is 2. The molecule has 0 radical (unpaired) electrons. The van der Waals surface area contributed by atoms with Crippen molar-refractivity contribution in [2.24, 2.45) is 0 Å². The van der Waals surface area contributed by atoms with Crippen LogP contribution in [0.4, 0.5) is 10.5 Å². The Bertz CT molecular complexity index is 1240. The van der Waals surface area contributed by atoms with E-state index in [0.29, 0.717) is 11.4 Å². The van der Waals surface area contributed by atoms with Gasteiger partial charge in [0, 0.05) is 11.1 Å². The van der Waals surface area contributed by atoms with Crippen LogP contribution in [0.5, 0.6) is 11.5 Å². The van der Waals surface area contributed by atoms with Gasteiger partial charge in [-0.3, -0.25) is 19.3 Å².